The fourth-order valence-corrected chi connectivity index (χ4v) is 3.38. The van der Waals surface area contributed by atoms with Gasteiger partial charge in [-0.1, -0.05) is 32.1 Å². The molecule has 0 spiro atoms. The minimum absolute atomic E-state index is 0.0980. The number of hydrogen-bond donors (Lipinski definition) is 1. The van der Waals surface area contributed by atoms with Crippen LogP contribution in [0.1, 0.15) is 58.2 Å². The van der Waals surface area contributed by atoms with Crippen molar-refractivity contribution in [2.24, 2.45) is 11.7 Å². The summed E-state index contributed by atoms with van der Waals surface area (Å²) in [5.74, 6) is 0.678. The summed E-state index contributed by atoms with van der Waals surface area (Å²) >= 11 is 0. The van der Waals surface area contributed by atoms with Gasteiger partial charge in [0.15, 0.2) is 0 Å². The molecule has 0 fully saturated rings. The lowest BCUT2D eigenvalue weighted by Gasteiger charge is -2.27. The first-order valence-electron chi connectivity index (χ1n) is 9.95. The van der Waals surface area contributed by atoms with E-state index in [9.17, 15) is 0 Å². The molecule has 1 aliphatic rings. The van der Waals surface area contributed by atoms with E-state index in [1.54, 1.807) is 0 Å². The highest BCUT2D eigenvalue weighted by Gasteiger charge is 2.17. The van der Waals surface area contributed by atoms with Gasteiger partial charge in [-0.2, -0.15) is 0 Å². The maximum Gasteiger partial charge on any atom is 0.0637 e. The highest BCUT2D eigenvalue weighted by Crippen LogP contribution is 2.31. The summed E-state index contributed by atoms with van der Waals surface area (Å²) in [5, 5.41) is 0. The maximum atomic E-state index is 6.16. The zero-order chi connectivity index (χ0) is 19.1. The number of nitrogens with two attached hydrogens (primary N) is 1. The Morgan fingerprint density at radius 1 is 1.42 bits per heavy atom. The van der Waals surface area contributed by atoms with Crippen LogP contribution in [0.5, 0.6) is 0 Å². The minimum atomic E-state index is 0.0980. The molecule has 3 heteroatoms. The van der Waals surface area contributed by atoms with Crippen LogP contribution in [0.25, 0.3) is 5.57 Å². The molecule has 0 radical (unpaired) electrons. The van der Waals surface area contributed by atoms with Gasteiger partial charge < -0.3 is 10.6 Å². The lowest BCUT2D eigenvalue weighted by molar-refractivity contribution is 0.580. The molecule has 0 aromatic carbocycles. The second-order valence-corrected chi connectivity index (χ2v) is 7.65. The second kappa shape index (κ2) is 9.72. The average Bonchev–Trinajstić information content (AvgIpc) is 2.63. The van der Waals surface area contributed by atoms with E-state index in [4.69, 9.17) is 10.7 Å². The number of aromatic nitrogens is 1. The van der Waals surface area contributed by atoms with Gasteiger partial charge in [-0.3, -0.25) is 4.98 Å². The summed E-state index contributed by atoms with van der Waals surface area (Å²) in [7, 11) is 0. The molecule has 1 aromatic rings. The number of aryl methyl sites for hydroxylation is 1. The normalized spacial score (nSPS) is 17.1. The SMILES string of the molecule is C=CCCN(CC)c1cc(C2=CC(N)CC=C2C)cnc1CCC(C)C. The molecule has 0 saturated carbocycles. The van der Waals surface area contributed by atoms with Crippen LogP contribution >= 0.6 is 0 Å². The molecule has 2 N–H and O–H groups in total. The Balaban J connectivity index is 2.41. The monoisotopic (exact) mass is 353 g/mol. The van der Waals surface area contributed by atoms with Gasteiger partial charge in [0.05, 0.1) is 11.4 Å². The smallest absolute Gasteiger partial charge is 0.0637 e. The zero-order valence-corrected chi connectivity index (χ0v) is 17.0. The number of anilines is 1. The van der Waals surface area contributed by atoms with Crippen molar-refractivity contribution in [3.8, 4) is 0 Å². The molecule has 1 unspecified atom stereocenters. The number of nitrogens with zero attached hydrogens (tertiary/aromatic N) is 2. The van der Waals surface area contributed by atoms with Crippen molar-refractivity contribution in [3.63, 3.8) is 0 Å². The Morgan fingerprint density at radius 2 is 2.19 bits per heavy atom. The minimum Gasteiger partial charge on any atom is -0.370 e. The first-order valence-corrected chi connectivity index (χ1v) is 9.95. The van der Waals surface area contributed by atoms with Crippen molar-refractivity contribution in [1.29, 1.82) is 0 Å². The van der Waals surface area contributed by atoms with Crippen LogP contribution in [0.2, 0.25) is 0 Å². The molecule has 1 heterocycles. The Morgan fingerprint density at radius 3 is 2.85 bits per heavy atom. The summed E-state index contributed by atoms with van der Waals surface area (Å²) in [5.41, 5.74) is 12.3. The van der Waals surface area contributed by atoms with Gasteiger partial charge in [-0.25, -0.2) is 0 Å². The molecule has 26 heavy (non-hydrogen) atoms. The molecule has 0 amide bonds. The lowest BCUT2D eigenvalue weighted by Crippen LogP contribution is -2.25. The van der Waals surface area contributed by atoms with E-state index in [1.807, 2.05) is 12.3 Å². The van der Waals surface area contributed by atoms with Gasteiger partial charge >= 0.3 is 0 Å². The largest absolute Gasteiger partial charge is 0.370 e. The van der Waals surface area contributed by atoms with E-state index in [0.29, 0.717) is 5.92 Å². The molecule has 1 aliphatic carbocycles. The van der Waals surface area contributed by atoms with E-state index < -0.39 is 0 Å². The third-order valence-electron chi connectivity index (χ3n) is 5.04. The van der Waals surface area contributed by atoms with E-state index in [-0.39, 0.29) is 6.04 Å². The molecular formula is C23H35N3. The van der Waals surface area contributed by atoms with E-state index in [1.165, 1.54) is 28.1 Å². The van der Waals surface area contributed by atoms with Gasteiger partial charge in [0.2, 0.25) is 0 Å². The Kier molecular flexibility index (Phi) is 7.65. The molecule has 2 rings (SSSR count). The van der Waals surface area contributed by atoms with E-state index in [2.05, 4.69) is 57.4 Å². The molecule has 1 atom stereocenters. The van der Waals surface area contributed by atoms with Crippen LogP contribution in [0.3, 0.4) is 0 Å². The van der Waals surface area contributed by atoms with Crippen LogP contribution in [0.4, 0.5) is 5.69 Å². The fraction of sp³-hybridized carbons (Fsp3) is 0.522. The van der Waals surface area contributed by atoms with Crippen LogP contribution in [0, 0.1) is 5.92 Å². The third-order valence-corrected chi connectivity index (χ3v) is 5.04. The fourth-order valence-electron chi connectivity index (χ4n) is 3.38. The summed E-state index contributed by atoms with van der Waals surface area (Å²) in [6, 6.07) is 2.41. The van der Waals surface area contributed by atoms with Crippen LogP contribution in [-0.2, 0) is 6.42 Å². The van der Waals surface area contributed by atoms with Crippen LogP contribution < -0.4 is 10.6 Å². The quantitative estimate of drug-likeness (QED) is 0.626. The first-order chi connectivity index (χ1) is 12.5. The third kappa shape index (κ3) is 5.31. The first kappa shape index (κ1) is 20.4. The summed E-state index contributed by atoms with van der Waals surface area (Å²) in [6.45, 7) is 14.7. The molecule has 0 bridgehead atoms. The van der Waals surface area contributed by atoms with Gasteiger partial charge in [0.25, 0.3) is 0 Å². The van der Waals surface area contributed by atoms with Crippen molar-refractivity contribution >= 4 is 11.3 Å². The standard InChI is InChI=1S/C23H35N3/c1-6-8-13-26(7-2)23-14-19(16-25-22(23)12-9-17(3)4)21-15-20(24)11-10-18(21)5/h6,10,14-17,20H,1,7-9,11-13,24H2,2-5H3. The van der Waals surface area contributed by atoms with Crippen LogP contribution in [0.15, 0.2) is 42.6 Å². The molecule has 142 valence electrons. The van der Waals surface area contributed by atoms with Crippen molar-refractivity contribution in [3.05, 3.63) is 53.9 Å². The van der Waals surface area contributed by atoms with Crippen molar-refractivity contribution in [2.75, 3.05) is 18.0 Å². The Hall–Kier alpha value is -1.87. The second-order valence-electron chi connectivity index (χ2n) is 7.65. The molecule has 0 saturated heterocycles. The highest BCUT2D eigenvalue weighted by atomic mass is 15.1. The molecule has 0 aliphatic heterocycles. The molecule has 1 aromatic heterocycles. The number of pyridine rings is 1. The van der Waals surface area contributed by atoms with Gasteiger partial charge in [0.1, 0.15) is 0 Å². The van der Waals surface area contributed by atoms with Gasteiger partial charge in [0, 0.05) is 30.9 Å². The Labute approximate surface area is 159 Å². The topological polar surface area (TPSA) is 42.1 Å². The predicted octanol–water partition coefficient (Wildman–Crippen LogP) is 5.13. The van der Waals surface area contributed by atoms with E-state index >= 15 is 0 Å². The predicted molar refractivity (Wildman–Crippen MR) is 114 cm³/mol. The Bertz CT molecular complexity index is 670. The molecular weight excluding hydrogens is 318 g/mol. The summed E-state index contributed by atoms with van der Waals surface area (Å²) in [6.07, 6.45) is 12.5. The lowest BCUT2D eigenvalue weighted by atomic mass is 9.91. The number of hydrogen-bond acceptors (Lipinski definition) is 3. The van der Waals surface area contributed by atoms with Gasteiger partial charge in [-0.15, -0.1) is 6.58 Å². The highest BCUT2D eigenvalue weighted by molar-refractivity contribution is 5.81. The average molecular weight is 354 g/mol. The van der Waals surface area contributed by atoms with Crippen molar-refractivity contribution in [1.82, 2.24) is 4.98 Å². The van der Waals surface area contributed by atoms with Crippen LogP contribution in [-0.4, -0.2) is 24.1 Å². The van der Waals surface area contributed by atoms with E-state index in [0.717, 1.165) is 38.8 Å². The zero-order valence-electron chi connectivity index (χ0n) is 17.0. The molecule has 3 nitrogen and oxygen atoms in total. The maximum absolute atomic E-state index is 6.16. The number of rotatable bonds is 9. The summed E-state index contributed by atoms with van der Waals surface area (Å²) < 4.78 is 0. The van der Waals surface area contributed by atoms with Crippen molar-refractivity contribution in [2.45, 2.75) is 59.4 Å². The number of allylic oxidation sites excluding steroid dienone is 2. The van der Waals surface area contributed by atoms with Gasteiger partial charge in [-0.05, 0) is 62.7 Å². The summed E-state index contributed by atoms with van der Waals surface area (Å²) in [4.78, 5) is 7.31. The van der Waals surface area contributed by atoms with Crippen molar-refractivity contribution < 1.29 is 0 Å².